The van der Waals surface area contributed by atoms with E-state index in [1.807, 2.05) is 0 Å². The van der Waals surface area contributed by atoms with Crippen molar-refractivity contribution in [2.24, 2.45) is 0 Å². The second-order valence-electron chi connectivity index (χ2n) is 3.81. The van der Waals surface area contributed by atoms with Gasteiger partial charge in [-0.2, -0.15) is 4.98 Å². The van der Waals surface area contributed by atoms with Crippen molar-refractivity contribution in [3.8, 4) is 0 Å². The highest BCUT2D eigenvalue weighted by molar-refractivity contribution is 6.25. The third-order valence-corrected chi connectivity index (χ3v) is 2.94. The minimum absolute atomic E-state index is 0.0879. The van der Waals surface area contributed by atoms with Gasteiger partial charge >= 0.3 is 5.69 Å². The lowest BCUT2D eigenvalue weighted by atomic mass is 10.1. The lowest BCUT2D eigenvalue weighted by molar-refractivity contribution is -0.0447. The first-order chi connectivity index (χ1) is 8.58. The van der Waals surface area contributed by atoms with Crippen LogP contribution in [-0.2, 0) is 4.74 Å². The maximum Gasteiger partial charge on any atom is 0.351 e. The van der Waals surface area contributed by atoms with Gasteiger partial charge in [-0.15, -0.1) is 0 Å². The van der Waals surface area contributed by atoms with Crippen molar-refractivity contribution in [3.05, 3.63) is 33.9 Å². The molecule has 0 saturated carbocycles. The molecule has 1 aliphatic rings. The Morgan fingerprint density at radius 2 is 2.39 bits per heavy atom. The van der Waals surface area contributed by atoms with E-state index in [2.05, 4.69) is 4.98 Å². The molecule has 98 valence electrons. The summed E-state index contributed by atoms with van der Waals surface area (Å²) in [6.45, 7) is -0.386. The van der Waals surface area contributed by atoms with E-state index >= 15 is 0 Å². The second-order valence-corrected chi connectivity index (χ2v) is 4.02. The first kappa shape index (κ1) is 13.0. The van der Waals surface area contributed by atoms with Gasteiger partial charge in [0.1, 0.15) is 18.0 Å². The molecule has 0 aromatic carbocycles. The van der Waals surface area contributed by atoms with E-state index < -0.39 is 24.1 Å². The average Bonchev–Trinajstić information content (AvgIpc) is 2.65. The van der Waals surface area contributed by atoms with E-state index in [-0.39, 0.29) is 18.0 Å². The van der Waals surface area contributed by atoms with Crippen LogP contribution >= 0.6 is 11.6 Å². The van der Waals surface area contributed by atoms with Crippen LogP contribution in [0.1, 0.15) is 6.23 Å². The van der Waals surface area contributed by atoms with Crippen LogP contribution in [0, 0.1) is 0 Å². The van der Waals surface area contributed by atoms with Crippen LogP contribution in [0.15, 0.2) is 28.2 Å². The molecule has 1 aromatic heterocycles. The van der Waals surface area contributed by atoms with Gasteiger partial charge in [0, 0.05) is 17.3 Å². The summed E-state index contributed by atoms with van der Waals surface area (Å²) in [4.78, 5) is 15.2. The minimum atomic E-state index is -1.07. The Hall–Kier alpha value is -1.41. The van der Waals surface area contributed by atoms with Gasteiger partial charge in [-0.25, -0.2) is 4.79 Å². The molecule has 0 spiro atoms. The number of nitrogens with two attached hydrogens (primary N) is 1. The molecule has 0 unspecified atom stereocenters. The van der Waals surface area contributed by atoms with Gasteiger partial charge in [0.05, 0.1) is 6.61 Å². The van der Waals surface area contributed by atoms with E-state index in [0.717, 1.165) is 10.1 Å². The van der Waals surface area contributed by atoms with E-state index in [1.165, 1.54) is 12.3 Å². The molecule has 2 rings (SSSR count). The Morgan fingerprint density at radius 3 is 2.94 bits per heavy atom. The van der Waals surface area contributed by atoms with Crippen molar-refractivity contribution in [1.29, 1.82) is 0 Å². The van der Waals surface area contributed by atoms with Crippen molar-refractivity contribution in [2.45, 2.75) is 18.4 Å². The average molecular weight is 274 g/mol. The number of aliphatic hydroxyl groups is 2. The van der Waals surface area contributed by atoms with Crippen molar-refractivity contribution < 1.29 is 14.9 Å². The van der Waals surface area contributed by atoms with E-state index in [4.69, 9.17) is 27.2 Å². The number of aromatic nitrogens is 2. The van der Waals surface area contributed by atoms with E-state index in [9.17, 15) is 9.90 Å². The molecule has 18 heavy (non-hydrogen) atoms. The molecular weight excluding hydrogens is 262 g/mol. The summed E-state index contributed by atoms with van der Waals surface area (Å²) in [6, 6.07) is 1.43. The third-order valence-electron chi connectivity index (χ3n) is 2.69. The van der Waals surface area contributed by atoms with Crippen molar-refractivity contribution >= 4 is 17.4 Å². The normalized spacial score (nSPS) is 29.9. The predicted octanol–water partition coefficient (Wildman–Crippen LogP) is -0.801. The van der Waals surface area contributed by atoms with Gasteiger partial charge in [0.2, 0.25) is 0 Å². The predicted molar refractivity (Wildman–Crippen MR) is 63.8 cm³/mol. The first-order valence-corrected chi connectivity index (χ1v) is 5.61. The summed E-state index contributed by atoms with van der Waals surface area (Å²) in [5.74, 6) is 0.0879. The van der Waals surface area contributed by atoms with Crippen LogP contribution < -0.4 is 11.4 Å². The summed E-state index contributed by atoms with van der Waals surface area (Å²) >= 11 is 5.61. The number of aliphatic hydroxyl groups excluding tert-OH is 2. The number of anilines is 1. The molecule has 1 saturated heterocycles. The quantitative estimate of drug-likeness (QED) is 0.650. The number of ether oxygens (including phenoxy) is 1. The largest absolute Gasteiger partial charge is 0.394 e. The zero-order valence-corrected chi connectivity index (χ0v) is 9.99. The molecule has 0 amide bonds. The van der Waals surface area contributed by atoms with Gasteiger partial charge in [0.15, 0.2) is 6.23 Å². The van der Waals surface area contributed by atoms with Crippen LogP contribution in [0.25, 0.3) is 0 Å². The molecule has 3 atom stereocenters. The Labute approximate surface area is 107 Å². The minimum Gasteiger partial charge on any atom is -0.394 e. The summed E-state index contributed by atoms with van der Waals surface area (Å²) in [5.41, 5.74) is 6.17. The molecular formula is C10H12ClN3O4. The molecule has 8 heteroatoms. The molecule has 4 N–H and O–H groups in total. The molecule has 2 heterocycles. The number of nitrogen functional groups attached to an aromatic ring is 1. The topological polar surface area (TPSA) is 111 Å². The fourth-order valence-electron chi connectivity index (χ4n) is 1.77. The van der Waals surface area contributed by atoms with Crippen LogP contribution in [-0.4, -0.2) is 38.6 Å². The molecule has 7 nitrogen and oxygen atoms in total. The van der Waals surface area contributed by atoms with Gasteiger partial charge in [0.25, 0.3) is 0 Å². The zero-order valence-electron chi connectivity index (χ0n) is 9.23. The Kier molecular flexibility index (Phi) is 3.67. The van der Waals surface area contributed by atoms with E-state index in [0.29, 0.717) is 0 Å². The van der Waals surface area contributed by atoms with Gasteiger partial charge in [-0.1, -0.05) is 11.6 Å². The fraction of sp³-hybridized carbons (Fsp3) is 0.400. The number of rotatable bonds is 2. The summed E-state index contributed by atoms with van der Waals surface area (Å²) in [6.07, 6.45) is -1.40. The molecule has 1 aromatic rings. The highest BCUT2D eigenvalue weighted by Gasteiger charge is 2.39. The maximum atomic E-state index is 11.7. The number of hydrogen-bond donors (Lipinski definition) is 3. The van der Waals surface area contributed by atoms with Crippen molar-refractivity contribution in [2.75, 3.05) is 12.3 Å². The number of nitrogens with zero attached hydrogens (tertiary/aromatic N) is 2. The first-order valence-electron chi connectivity index (χ1n) is 5.17. The monoisotopic (exact) mass is 273 g/mol. The van der Waals surface area contributed by atoms with E-state index in [1.54, 1.807) is 0 Å². The molecule has 0 radical (unpaired) electrons. The lowest BCUT2D eigenvalue weighted by Gasteiger charge is -2.14. The van der Waals surface area contributed by atoms with Crippen molar-refractivity contribution in [3.63, 3.8) is 0 Å². The van der Waals surface area contributed by atoms with Gasteiger partial charge in [-0.05, 0) is 6.07 Å². The summed E-state index contributed by atoms with van der Waals surface area (Å²) in [5, 5.41) is 18.9. The van der Waals surface area contributed by atoms with Crippen LogP contribution in [0.5, 0.6) is 0 Å². The highest BCUT2D eigenvalue weighted by atomic mass is 35.5. The smallest absolute Gasteiger partial charge is 0.351 e. The van der Waals surface area contributed by atoms with Crippen LogP contribution in [0.4, 0.5) is 5.82 Å². The summed E-state index contributed by atoms with van der Waals surface area (Å²) in [7, 11) is 0. The lowest BCUT2D eigenvalue weighted by Crippen LogP contribution is -2.28. The Morgan fingerprint density at radius 1 is 1.67 bits per heavy atom. The molecule has 1 aliphatic heterocycles. The highest BCUT2D eigenvalue weighted by Crippen LogP contribution is 2.33. The van der Waals surface area contributed by atoms with Gasteiger partial charge < -0.3 is 20.7 Å². The third kappa shape index (κ3) is 2.13. The van der Waals surface area contributed by atoms with Crippen LogP contribution in [0.2, 0.25) is 0 Å². The second kappa shape index (κ2) is 5.07. The standard InChI is InChI=1S/C10H12ClN3O4/c11-3-5-8(16)6(4-15)18-9(5)14-2-1-7(12)13-10(14)17/h1-3,6,8-9,15-16H,4H2,(H2,12,13,17)/b5-3-/t6-,8+,9+/m1/s1. The molecule has 0 aliphatic carbocycles. The Bertz CT molecular complexity index is 530. The number of hydrogen-bond acceptors (Lipinski definition) is 6. The van der Waals surface area contributed by atoms with Crippen LogP contribution in [0.3, 0.4) is 0 Å². The summed E-state index contributed by atoms with van der Waals surface area (Å²) < 4.78 is 6.50. The number of halogens is 1. The van der Waals surface area contributed by atoms with Crippen molar-refractivity contribution in [1.82, 2.24) is 9.55 Å². The Balaban J connectivity index is 2.41. The molecule has 1 fully saturated rings. The molecule has 0 bridgehead atoms. The van der Waals surface area contributed by atoms with Gasteiger partial charge in [-0.3, -0.25) is 4.57 Å². The maximum absolute atomic E-state index is 11.7. The zero-order chi connectivity index (χ0) is 13.3. The fourth-order valence-corrected chi connectivity index (χ4v) is 2.01. The SMILES string of the molecule is Nc1ccn([C@H]2O[C@H](CO)[C@@H](O)/C2=C/Cl)c(=O)n1.